The van der Waals surface area contributed by atoms with Crippen molar-refractivity contribution in [3.8, 4) is 0 Å². The van der Waals surface area contributed by atoms with Crippen LogP contribution in [-0.4, -0.2) is 50.3 Å². The van der Waals surface area contributed by atoms with Gasteiger partial charge in [0.25, 0.3) is 0 Å². The van der Waals surface area contributed by atoms with E-state index in [1.165, 1.54) is 0 Å². The standard InChI is InChI=1S/C18H34O4.C8H12O4/c1-3-5-15-21-17(19)13-11-9-7-8-10-12-14-18(20)22-16-6-4-2;1-3-11-7(9)5-6-8(10)12-4-2/h3-16H2,1-2H3;5-6H,3-4H2,1-2H3/b;6-5-. The fraction of sp³-hybridized carbons (Fsp3) is 0.769. The van der Waals surface area contributed by atoms with Gasteiger partial charge in [-0.25, -0.2) is 9.59 Å². The van der Waals surface area contributed by atoms with E-state index in [9.17, 15) is 19.2 Å². The number of esters is 4. The number of hydrogen-bond donors (Lipinski definition) is 0. The number of ether oxygens (including phenoxy) is 4. The Bertz CT molecular complexity index is 509. The largest absolute Gasteiger partial charge is 0.466 e. The molecule has 0 aliphatic heterocycles. The monoisotopic (exact) mass is 486 g/mol. The van der Waals surface area contributed by atoms with Gasteiger partial charge < -0.3 is 18.9 Å². The van der Waals surface area contributed by atoms with Gasteiger partial charge in [-0.05, 0) is 39.5 Å². The summed E-state index contributed by atoms with van der Waals surface area (Å²) >= 11 is 0. The van der Waals surface area contributed by atoms with E-state index < -0.39 is 11.9 Å². The molecule has 0 radical (unpaired) electrons. The summed E-state index contributed by atoms with van der Waals surface area (Å²) in [6, 6.07) is 0. The first-order valence-electron chi connectivity index (χ1n) is 12.7. The topological polar surface area (TPSA) is 105 Å². The molecule has 0 saturated carbocycles. The summed E-state index contributed by atoms with van der Waals surface area (Å²) in [5, 5.41) is 0. The van der Waals surface area contributed by atoms with E-state index in [4.69, 9.17) is 9.47 Å². The van der Waals surface area contributed by atoms with Crippen molar-refractivity contribution in [1.82, 2.24) is 0 Å². The maximum absolute atomic E-state index is 11.4. The number of rotatable bonds is 19. The second kappa shape index (κ2) is 26.9. The van der Waals surface area contributed by atoms with Gasteiger partial charge in [-0.3, -0.25) is 9.59 Å². The molecule has 198 valence electrons. The molecule has 0 heterocycles. The third kappa shape index (κ3) is 27.7. The van der Waals surface area contributed by atoms with Crippen LogP contribution >= 0.6 is 0 Å². The highest BCUT2D eigenvalue weighted by Gasteiger charge is 2.03. The van der Waals surface area contributed by atoms with Crippen LogP contribution < -0.4 is 0 Å². The highest BCUT2D eigenvalue weighted by Crippen LogP contribution is 2.10. The average Bonchev–Trinajstić information content (AvgIpc) is 2.80. The summed E-state index contributed by atoms with van der Waals surface area (Å²) in [6.07, 6.45) is 13.3. The van der Waals surface area contributed by atoms with Crippen LogP contribution in [0.5, 0.6) is 0 Å². The lowest BCUT2D eigenvalue weighted by molar-refractivity contribution is -0.144. The minimum absolute atomic E-state index is 0.0664. The van der Waals surface area contributed by atoms with Gasteiger partial charge in [-0.2, -0.15) is 0 Å². The Morgan fingerprint density at radius 2 is 0.853 bits per heavy atom. The highest BCUT2D eigenvalue weighted by atomic mass is 16.5. The minimum Gasteiger partial charge on any atom is -0.466 e. The zero-order valence-corrected chi connectivity index (χ0v) is 21.7. The SMILES string of the molecule is CCCCOC(=O)CCCCCCCCC(=O)OCCCC.CCOC(=O)/C=C\C(=O)OCC. The molecule has 0 atom stereocenters. The molecule has 0 aromatic rings. The first-order chi connectivity index (χ1) is 16.4. The summed E-state index contributed by atoms with van der Waals surface area (Å²) in [7, 11) is 0. The Morgan fingerprint density at radius 3 is 1.18 bits per heavy atom. The van der Waals surface area contributed by atoms with Crippen molar-refractivity contribution in [2.45, 2.75) is 105 Å². The summed E-state index contributed by atoms with van der Waals surface area (Å²) in [5.74, 6) is -1.21. The maximum atomic E-state index is 11.4. The lowest BCUT2D eigenvalue weighted by Gasteiger charge is -2.05. The van der Waals surface area contributed by atoms with Crippen molar-refractivity contribution in [3.05, 3.63) is 12.2 Å². The third-order valence-corrected chi connectivity index (χ3v) is 4.46. The molecule has 8 heteroatoms. The molecular weight excluding hydrogens is 440 g/mol. The van der Waals surface area contributed by atoms with E-state index in [2.05, 4.69) is 23.3 Å². The van der Waals surface area contributed by atoms with Crippen LogP contribution in [-0.2, 0) is 38.1 Å². The van der Waals surface area contributed by atoms with E-state index in [-0.39, 0.29) is 11.9 Å². The molecule has 0 saturated heterocycles. The summed E-state index contributed by atoms with van der Waals surface area (Å²) in [4.78, 5) is 44.0. The van der Waals surface area contributed by atoms with Gasteiger partial charge in [0.05, 0.1) is 26.4 Å². The number of hydrogen-bond acceptors (Lipinski definition) is 8. The zero-order chi connectivity index (χ0) is 25.9. The Hall–Kier alpha value is -2.38. The summed E-state index contributed by atoms with van der Waals surface area (Å²) in [5.41, 5.74) is 0. The van der Waals surface area contributed by atoms with Gasteiger partial charge >= 0.3 is 23.9 Å². The molecule has 0 N–H and O–H groups in total. The highest BCUT2D eigenvalue weighted by molar-refractivity contribution is 5.91. The number of unbranched alkanes of at least 4 members (excludes halogenated alkanes) is 7. The van der Waals surface area contributed by atoms with Crippen LogP contribution in [0.1, 0.15) is 105 Å². The van der Waals surface area contributed by atoms with Crippen molar-refractivity contribution >= 4 is 23.9 Å². The van der Waals surface area contributed by atoms with Crippen molar-refractivity contribution in [3.63, 3.8) is 0 Å². The Kier molecular flexibility index (Phi) is 26.7. The molecule has 0 aromatic carbocycles. The van der Waals surface area contributed by atoms with Crippen LogP contribution in [0.15, 0.2) is 12.2 Å². The molecule has 0 bridgehead atoms. The molecule has 34 heavy (non-hydrogen) atoms. The van der Waals surface area contributed by atoms with Crippen LogP contribution in [0.3, 0.4) is 0 Å². The molecule has 8 nitrogen and oxygen atoms in total. The number of carbonyl (C=O) groups excluding carboxylic acids is 4. The van der Waals surface area contributed by atoms with E-state index in [1.807, 2.05) is 0 Å². The molecular formula is C26H46O8. The quantitative estimate of drug-likeness (QED) is 0.103. The Morgan fingerprint density at radius 1 is 0.500 bits per heavy atom. The predicted octanol–water partition coefficient (Wildman–Crippen LogP) is 5.46. The fourth-order valence-corrected chi connectivity index (χ4v) is 2.57. The first-order valence-corrected chi connectivity index (χ1v) is 12.7. The van der Waals surface area contributed by atoms with E-state index in [0.717, 1.165) is 76.4 Å². The molecule has 0 aliphatic carbocycles. The van der Waals surface area contributed by atoms with Crippen LogP contribution in [0, 0.1) is 0 Å². The van der Waals surface area contributed by atoms with Crippen molar-refractivity contribution in [2.75, 3.05) is 26.4 Å². The average molecular weight is 487 g/mol. The van der Waals surface area contributed by atoms with Crippen molar-refractivity contribution < 1.29 is 38.1 Å². The Balaban J connectivity index is 0. The second-order valence-corrected chi connectivity index (χ2v) is 7.61. The van der Waals surface area contributed by atoms with Crippen LogP contribution in [0.2, 0.25) is 0 Å². The van der Waals surface area contributed by atoms with E-state index in [1.54, 1.807) is 13.8 Å². The van der Waals surface area contributed by atoms with Gasteiger partial charge in [0, 0.05) is 25.0 Å². The normalized spacial score (nSPS) is 10.2. The zero-order valence-electron chi connectivity index (χ0n) is 21.7. The van der Waals surface area contributed by atoms with E-state index >= 15 is 0 Å². The molecule has 0 spiro atoms. The number of carbonyl (C=O) groups is 4. The first kappa shape index (κ1) is 33.8. The van der Waals surface area contributed by atoms with Gasteiger partial charge in [-0.1, -0.05) is 52.4 Å². The smallest absolute Gasteiger partial charge is 0.330 e. The molecule has 0 unspecified atom stereocenters. The summed E-state index contributed by atoms with van der Waals surface area (Å²) in [6.45, 7) is 9.26. The van der Waals surface area contributed by atoms with Gasteiger partial charge in [0.1, 0.15) is 0 Å². The molecule has 0 amide bonds. The van der Waals surface area contributed by atoms with Crippen molar-refractivity contribution in [2.24, 2.45) is 0 Å². The summed E-state index contributed by atoms with van der Waals surface area (Å²) < 4.78 is 19.3. The van der Waals surface area contributed by atoms with Gasteiger partial charge in [-0.15, -0.1) is 0 Å². The lowest BCUT2D eigenvalue weighted by atomic mass is 10.1. The second-order valence-electron chi connectivity index (χ2n) is 7.61. The van der Waals surface area contributed by atoms with Crippen LogP contribution in [0.4, 0.5) is 0 Å². The fourth-order valence-electron chi connectivity index (χ4n) is 2.57. The third-order valence-electron chi connectivity index (χ3n) is 4.46. The predicted molar refractivity (Wildman–Crippen MR) is 131 cm³/mol. The van der Waals surface area contributed by atoms with Gasteiger partial charge in [0.15, 0.2) is 0 Å². The van der Waals surface area contributed by atoms with Gasteiger partial charge in [0.2, 0.25) is 0 Å². The Labute approximate surface area is 205 Å². The lowest BCUT2D eigenvalue weighted by Crippen LogP contribution is -2.05. The molecule has 0 aromatic heterocycles. The maximum Gasteiger partial charge on any atom is 0.330 e. The molecule has 0 rings (SSSR count). The minimum atomic E-state index is -0.537. The van der Waals surface area contributed by atoms with Crippen LogP contribution in [0.25, 0.3) is 0 Å². The molecule has 0 aliphatic rings. The molecule has 0 fully saturated rings. The van der Waals surface area contributed by atoms with Crippen molar-refractivity contribution in [1.29, 1.82) is 0 Å². The van der Waals surface area contributed by atoms with E-state index in [0.29, 0.717) is 39.3 Å².